The summed E-state index contributed by atoms with van der Waals surface area (Å²) in [5, 5.41) is 3.43. The fourth-order valence-corrected chi connectivity index (χ4v) is 4.12. The lowest BCUT2D eigenvalue weighted by atomic mass is 9.95. The van der Waals surface area contributed by atoms with Crippen LogP contribution in [0.25, 0.3) is 0 Å². The van der Waals surface area contributed by atoms with Crippen molar-refractivity contribution < 1.29 is 4.79 Å². The van der Waals surface area contributed by atoms with Crippen LogP contribution >= 0.6 is 0 Å². The fourth-order valence-electron chi connectivity index (χ4n) is 4.12. The van der Waals surface area contributed by atoms with Gasteiger partial charge in [0.1, 0.15) is 0 Å². The summed E-state index contributed by atoms with van der Waals surface area (Å²) in [6, 6.07) is 8.54. The first-order valence-electron chi connectivity index (χ1n) is 9.27. The third-order valence-corrected chi connectivity index (χ3v) is 5.48. The summed E-state index contributed by atoms with van der Waals surface area (Å²) >= 11 is 0. The van der Waals surface area contributed by atoms with E-state index in [1.165, 1.54) is 31.2 Å². The topological polar surface area (TPSA) is 32.3 Å². The van der Waals surface area contributed by atoms with Gasteiger partial charge in [-0.05, 0) is 49.3 Å². The van der Waals surface area contributed by atoms with Crippen LogP contribution in [0.5, 0.6) is 0 Å². The number of hydrogen-bond donors (Lipinski definition) is 1. The van der Waals surface area contributed by atoms with Crippen molar-refractivity contribution in [1.29, 1.82) is 0 Å². The van der Waals surface area contributed by atoms with Gasteiger partial charge >= 0.3 is 0 Å². The Balaban J connectivity index is 1.84. The Bertz CT molecular complexity index is 528. The summed E-state index contributed by atoms with van der Waals surface area (Å²) in [5.41, 5.74) is 2.09. The average molecular weight is 314 g/mol. The van der Waals surface area contributed by atoms with E-state index in [1.807, 2.05) is 18.2 Å². The van der Waals surface area contributed by atoms with Gasteiger partial charge in [0.25, 0.3) is 5.91 Å². The summed E-state index contributed by atoms with van der Waals surface area (Å²) in [4.78, 5) is 15.5. The van der Waals surface area contributed by atoms with E-state index in [9.17, 15) is 4.79 Å². The summed E-state index contributed by atoms with van der Waals surface area (Å²) < 4.78 is 0. The summed E-state index contributed by atoms with van der Waals surface area (Å²) in [6.07, 6.45) is 6.32. The highest BCUT2D eigenvalue weighted by atomic mass is 16.2. The zero-order valence-electron chi connectivity index (χ0n) is 14.6. The molecule has 0 radical (unpaired) electrons. The second kappa shape index (κ2) is 7.48. The van der Waals surface area contributed by atoms with E-state index in [0.29, 0.717) is 17.9 Å². The maximum atomic E-state index is 13.3. The van der Waals surface area contributed by atoms with E-state index in [4.69, 9.17) is 0 Å². The van der Waals surface area contributed by atoms with Crippen molar-refractivity contribution >= 4 is 5.91 Å². The minimum Gasteiger partial charge on any atom is -0.334 e. The highest BCUT2D eigenvalue weighted by Crippen LogP contribution is 2.29. The lowest BCUT2D eigenvalue weighted by Gasteiger charge is -2.32. The van der Waals surface area contributed by atoms with Crippen LogP contribution in [-0.2, 0) is 0 Å². The van der Waals surface area contributed by atoms with Crippen LogP contribution in [0, 0.1) is 5.92 Å². The van der Waals surface area contributed by atoms with Gasteiger partial charge in [-0.1, -0.05) is 44.9 Å². The van der Waals surface area contributed by atoms with Gasteiger partial charge in [0.2, 0.25) is 0 Å². The molecule has 23 heavy (non-hydrogen) atoms. The smallest absolute Gasteiger partial charge is 0.254 e. The third-order valence-electron chi connectivity index (χ3n) is 5.48. The molecule has 0 spiro atoms. The molecule has 1 amide bonds. The molecule has 1 aliphatic carbocycles. The predicted octanol–water partition coefficient (Wildman–Crippen LogP) is 3.80. The fraction of sp³-hybridized carbons (Fsp3) is 0.650. The van der Waals surface area contributed by atoms with E-state index in [0.717, 1.165) is 31.6 Å². The van der Waals surface area contributed by atoms with E-state index in [1.54, 1.807) is 0 Å². The third kappa shape index (κ3) is 3.77. The number of carbonyl (C=O) groups excluding carboxylic acids is 1. The van der Waals surface area contributed by atoms with E-state index < -0.39 is 0 Å². The maximum Gasteiger partial charge on any atom is 0.254 e. The Morgan fingerprint density at radius 2 is 1.96 bits per heavy atom. The van der Waals surface area contributed by atoms with Crippen molar-refractivity contribution in [3.8, 4) is 0 Å². The van der Waals surface area contributed by atoms with Gasteiger partial charge in [-0.3, -0.25) is 4.79 Å². The molecule has 1 atom stereocenters. The van der Waals surface area contributed by atoms with Crippen LogP contribution in [0.3, 0.4) is 0 Å². The molecule has 0 unspecified atom stereocenters. The van der Waals surface area contributed by atoms with Gasteiger partial charge in [0.15, 0.2) is 0 Å². The maximum absolute atomic E-state index is 13.3. The lowest BCUT2D eigenvalue weighted by molar-refractivity contribution is 0.0656. The predicted molar refractivity (Wildman–Crippen MR) is 94.8 cm³/mol. The molecule has 3 heteroatoms. The van der Waals surface area contributed by atoms with E-state index >= 15 is 0 Å². The molecule has 0 aromatic heterocycles. The van der Waals surface area contributed by atoms with Crippen LogP contribution in [0.4, 0.5) is 0 Å². The Kier molecular flexibility index (Phi) is 5.37. The van der Waals surface area contributed by atoms with Crippen molar-refractivity contribution in [3.63, 3.8) is 0 Å². The van der Waals surface area contributed by atoms with Gasteiger partial charge in [-0.25, -0.2) is 0 Å². The summed E-state index contributed by atoms with van der Waals surface area (Å²) in [5.74, 6) is 1.32. The standard InChI is InChI=1S/C20H30N2O/c1-15(2)18-9-5-6-10-19(18)20(23)22(17-11-12-21-13-17)14-16-7-3-4-8-16/h5-6,9-10,15-17,21H,3-4,7-8,11-14H2,1-2H3/t17-/m0/s1. The molecule has 3 nitrogen and oxygen atoms in total. The van der Waals surface area contributed by atoms with Crippen molar-refractivity contribution in [2.24, 2.45) is 5.92 Å². The Morgan fingerprint density at radius 3 is 2.61 bits per heavy atom. The molecule has 1 heterocycles. The first-order valence-corrected chi connectivity index (χ1v) is 9.27. The second-order valence-electron chi connectivity index (χ2n) is 7.50. The number of nitrogens with one attached hydrogen (secondary N) is 1. The molecular formula is C20H30N2O. The van der Waals surface area contributed by atoms with Gasteiger partial charge < -0.3 is 10.2 Å². The van der Waals surface area contributed by atoms with Gasteiger partial charge in [-0.2, -0.15) is 0 Å². The summed E-state index contributed by atoms with van der Waals surface area (Å²) in [6.45, 7) is 7.26. The first-order chi connectivity index (χ1) is 11.2. The Hall–Kier alpha value is -1.35. The molecule has 2 aliphatic rings. The van der Waals surface area contributed by atoms with Crippen LogP contribution in [-0.4, -0.2) is 36.5 Å². The highest BCUT2D eigenvalue weighted by molar-refractivity contribution is 5.96. The number of hydrogen-bond acceptors (Lipinski definition) is 2. The molecule has 126 valence electrons. The van der Waals surface area contributed by atoms with Crippen LogP contribution in [0.2, 0.25) is 0 Å². The molecule has 1 saturated carbocycles. The molecule has 1 aromatic rings. The number of rotatable bonds is 5. The van der Waals surface area contributed by atoms with Crippen molar-refractivity contribution in [1.82, 2.24) is 10.2 Å². The number of carbonyl (C=O) groups is 1. The van der Waals surface area contributed by atoms with Crippen LogP contribution in [0.15, 0.2) is 24.3 Å². The molecule has 1 saturated heterocycles. The Labute approximate surface area is 140 Å². The molecule has 2 fully saturated rings. The molecule has 3 rings (SSSR count). The van der Waals surface area contributed by atoms with Crippen LogP contribution < -0.4 is 5.32 Å². The highest BCUT2D eigenvalue weighted by Gasteiger charge is 2.31. The van der Waals surface area contributed by atoms with Gasteiger partial charge in [0.05, 0.1) is 0 Å². The first kappa shape index (κ1) is 16.5. The van der Waals surface area contributed by atoms with E-state index in [2.05, 4.69) is 30.1 Å². The van der Waals surface area contributed by atoms with Crippen molar-refractivity contribution in [2.45, 2.75) is 57.9 Å². The Morgan fingerprint density at radius 1 is 1.22 bits per heavy atom. The zero-order valence-corrected chi connectivity index (χ0v) is 14.6. The number of benzene rings is 1. The minimum atomic E-state index is 0.245. The minimum absolute atomic E-state index is 0.245. The van der Waals surface area contributed by atoms with Crippen molar-refractivity contribution in [2.75, 3.05) is 19.6 Å². The van der Waals surface area contributed by atoms with Crippen LogP contribution in [0.1, 0.15) is 67.8 Å². The zero-order chi connectivity index (χ0) is 16.2. The number of nitrogens with zero attached hydrogens (tertiary/aromatic N) is 1. The molecular weight excluding hydrogens is 284 g/mol. The van der Waals surface area contributed by atoms with Gasteiger partial charge in [0, 0.05) is 24.7 Å². The normalized spacial score (nSPS) is 22.0. The molecule has 1 aromatic carbocycles. The second-order valence-corrected chi connectivity index (χ2v) is 7.50. The lowest BCUT2D eigenvalue weighted by Crippen LogP contribution is -2.44. The van der Waals surface area contributed by atoms with Crippen molar-refractivity contribution in [3.05, 3.63) is 35.4 Å². The van der Waals surface area contributed by atoms with Gasteiger partial charge in [-0.15, -0.1) is 0 Å². The largest absolute Gasteiger partial charge is 0.334 e. The number of amides is 1. The molecule has 0 bridgehead atoms. The quantitative estimate of drug-likeness (QED) is 0.896. The molecule has 1 aliphatic heterocycles. The molecule has 1 N–H and O–H groups in total. The summed E-state index contributed by atoms with van der Waals surface area (Å²) in [7, 11) is 0. The average Bonchev–Trinajstić information content (AvgIpc) is 3.25. The SMILES string of the molecule is CC(C)c1ccccc1C(=O)N(CC1CCCC1)[C@H]1CCNC1. The van der Waals surface area contributed by atoms with E-state index in [-0.39, 0.29) is 5.91 Å². The monoisotopic (exact) mass is 314 g/mol.